The van der Waals surface area contributed by atoms with E-state index in [-0.39, 0.29) is 6.61 Å². The van der Waals surface area contributed by atoms with E-state index in [0.717, 1.165) is 0 Å². The van der Waals surface area contributed by atoms with Crippen LogP contribution >= 0.6 is 0 Å². The van der Waals surface area contributed by atoms with Gasteiger partial charge < -0.3 is 25.4 Å². The van der Waals surface area contributed by atoms with Crippen LogP contribution in [0.25, 0.3) is 0 Å². The predicted octanol–water partition coefficient (Wildman–Crippen LogP) is -1.55. The van der Waals surface area contributed by atoms with Gasteiger partial charge in [-0.05, 0) is 0 Å². The first-order valence-corrected chi connectivity index (χ1v) is 3.29. The van der Waals surface area contributed by atoms with Crippen molar-refractivity contribution in [1.29, 1.82) is 0 Å². The number of hydrogen-bond donors (Lipinski definition) is 3. The van der Waals surface area contributed by atoms with Crippen LogP contribution in [0.4, 0.5) is 4.79 Å². The fraction of sp³-hybridized carbons (Fsp3) is 0.833. The Kier molecular flexibility index (Phi) is 4.57. The van der Waals surface area contributed by atoms with Gasteiger partial charge in [-0.15, -0.1) is 0 Å². The molecule has 0 aliphatic rings. The summed E-state index contributed by atoms with van der Waals surface area (Å²) in [4.78, 5) is 10.3. The Labute approximate surface area is 69.9 Å². The first kappa shape index (κ1) is 11.2. The lowest BCUT2D eigenvalue weighted by Gasteiger charge is -2.27. The van der Waals surface area contributed by atoms with Gasteiger partial charge in [0.05, 0.1) is 19.8 Å². The Morgan fingerprint density at radius 1 is 1.50 bits per heavy atom. The predicted molar refractivity (Wildman–Crippen MR) is 39.4 cm³/mol. The maximum absolute atomic E-state index is 10.3. The number of ether oxygens (including phenoxy) is 2. The third-order valence-electron chi connectivity index (χ3n) is 1.30. The smallest absolute Gasteiger partial charge is 0.405 e. The van der Waals surface area contributed by atoms with Crippen LogP contribution in [-0.2, 0) is 9.47 Å². The van der Waals surface area contributed by atoms with Crippen LogP contribution in [0.1, 0.15) is 0 Å². The zero-order valence-corrected chi connectivity index (χ0v) is 6.82. The summed E-state index contributed by atoms with van der Waals surface area (Å²) < 4.78 is 9.13. The highest BCUT2D eigenvalue weighted by molar-refractivity contribution is 5.65. The first-order valence-electron chi connectivity index (χ1n) is 3.29. The first-order chi connectivity index (χ1) is 5.60. The molecule has 0 atom stereocenters. The van der Waals surface area contributed by atoms with Crippen molar-refractivity contribution in [1.82, 2.24) is 0 Å². The van der Waals surface area contributed by atoms with Crippen LogP contribution in [0.2, 0.25) is 0 Å². The zero-order chi connectivity index (χ0) is 9.61. The molecule has 1 amide bonds. The van der Waals surface area contributed by atoms with Gasteiger partial charge in [-0.25, -0.2) is 4.79 Å². The molecule has 0 saturated carbocycles. The second-order valence-corrected chi connectivity index (χ2v) is 2.35. The molecule has 72 valence electrons. The van der Waals surface area contributed by atoms with Crippen molar-refractivity contribution in [2.24, 2.45) is 5.73 Å². The average molecular weight is 179 g/mol. The summed E-state index contributed by atoms with van der Waals surface area (Å²) in [7, 11) is 1.35. The molecular formula is C6H13NO5. The van der Waals surface area contributed by atoms with Gasteiger partial charge in [-0.1, -0.05) is 0 Å². The summed E-state index contributed by atoms with van der Waals surface area (Å²) in [6.45, 7) is -1.19. The van der Waals surface area contributed by atoms with Crippen molar-refractivity contribution < 1.29 is 24.5 Å². The lowest BCUT2D eigenvalue weighted by molar-refractivity contribution is -0.0990. The summed E-state index contributed by atoms with van der Waals surface area (Å²) in [5.41, 5.74) is 3.29. The lowest BCUT2D eigenvalue weighted by atomic mass is 10.1. The number of carbonyl (C=O) groups is 1. The molecule has 0 rings (SSSR count). The summed E-state index contributed by atoms with van der Waals surface area (Å²) in [6.07, 6.45) is -1.06. The van der Waals surface area contributed by atoms with E-state index < -0.39 is 24.9 Å². The van der Waals surface area contributed by atoms with E-state index in [9.17, 15) is 4.79 Å². The monoisotopic (exact) mass is 179 g/mol. The summed E-state index contributed by atoms with van der Waals surface area (Å²) in [6, 6.07) is 0. The van der Waals surface area contributed by atoms with E-state index >= 15 is 0 Å². The largest absolute Gasteiger partial charge is 0.436 e. The number of aliphatic hydroxyl groups excluding tert-OH is 2. The Balaban J connectivity index is 4.23. The highest BCUT2D eigenvalue weighted by atomic mass is 16.6. The number of primary amides is 1. The Bertz CT molecular complexity index is 145. The molecule has 0 bridgehead atoms. The number of carbonyl (C=O) groups excluding carboxylic acids is 1. The molecular weight excluding hydrogens is 166 g/mol. The molecule has 0 aromatic rings. The van der Waals surface area contributed by atoms with Crippen molar-refractivity contribution in [3.8, 4) is 0 Å². The van der Waals surface area contributed by atoms with Gasteiger partial charge in [0.1, 0.15) is 0 Å². The fourth-order valence-electron chi connectivity index (χ4n) is 0.712. The standard InChI is InChI=1S/C6H13NO5/c1-11-4-6(2-8,3-9)12-5(7)10/h8-9H,2-4H2,1H3,(H2,7,10). The second-order valence-electron chi connectivity index (χ2n) is 2.35. The number of nitrogens with two attached hydrogens (primary N) is 1. The van der Waals surface area contributed by atoms with E-state index in [4.69, 9.17) is 15.9 Å². The van der Waals surface area contributed by atoms with E-state index in [2.05, 4.69) is 9.47 Å². The molecule has 0 aliphatic carbocycles. The number of amides is 1. The maximum Gasteiger partial charge on any atom is 0.405 e. The van der Waals surface area contributed by atoms with Crippen LogP contribution in [0.3, 0.4) is 0 Å². The van der Waals surface area contributed by atoms with Crippen LogP contribution in [0.15, 0.2) is 0 Å². The van der Waals surface area contributed by atoms with Gasteiger partial charge in [0.25, 0.3) is 0 Å². The quantitative estimate of drug-likeness (QED) is 0.474. The average Bonchev–Trinajstić information content (AvgIpc) is 2.03. The minimum Gasteiger partial charge on any atom is -0.436 e. The van der Waals surface area contributed by atoms with E-state index in [1.54, 1.807) is 0 Å². The van der Waals surface area contributed by atoms with Crippen LogP contribution in [0, 0.1) is 0 Å². The third-order valence-corrected chi connectivity index (χ3v) is 1.30. The van der Waals surface area contributed by atoms with Crippen molar-refractivity contribution in [3.63, 3.8) is 0 Å². The molecule has 12 heavy (non-hydrogen) atoms. The van der Waals surface area contributed by atoms with Gasteiger partial charge >= 0.3 is 6.09 Å². The number of hydrogen-bond acceptors (Lipinski definition) is 5. The van der Waals surface area contributed by atoms with E-state index in [0.29, 0.717) is 0 Å². The van der Waals surface area contributed by atoms with Crippen LogP contribution in [-0.4, -0.2) is 48.8 Å². The number of aliphatic hydroxyl groups is 2. The van der Waals surface area contributed by atoms with Crippen molar-refractivity contribution in [3.05, 3.63) is 0 Å². The highest BCUT2D eigenvalue weighted by Gasteiger charge is 2.32. The van der Waals surface area contributed by atoms with E-state index in [1.807, 2.05) is 0 Å². The topological polar surface area (TPSA) is 102 Å². The molecule has 0 spiro atoms. The third kappa shape index (κ3) is 3.04. The number of rotatable bonds is 5. The van der Waals surface area contributed by atoms with Crippen LogP contribution < -0.4 is 5.73 Å². The van der Waals surface area contributed by atoms with Gasteiger partial charge in [-0.2, -0.15) is 0 Å². The Hall–Kier alpha value is -0.850. The van der Waals surface area contributed by atoms with Gasteiger partial charge in [-0.3, -0.25) is 0 Å². The molecule has 6 heteroatoms. The molecule has 4 N–H and O–H groups in total. The molecule has 0 aromatic heterocycles. The molecule has 0 saturated heterocycles. The SMILES string of the molecule is COCC(CO)(CO)OC(N)=O. The molecule has 6 nitrogen and oxygen atoms in total. The van der Waals surface area contributed by atoms with Crippen molar-refractivity contribution >= 4 is 6.09 Å². The van der Waals surface area contributed by atoms with Crippen molar-refractivity contribution in [2.75, 3.05) is 26.9 Å². The zero-order valence-electron chi connectivity index (χ0n) is 6.82. The van der Waals surface area contributed by atoms with Crippen molar-refractivity contribution in [2.45, 2.75) is 5.60 Å². The summed E-state index contributed by atoms with van der Waals surface area (Å²) in [5, 5.41) is 17.6. The fourth-order valence-corrected chi connectivity index (χ4v) is 0.712. The van der Waals surface area contributed by atoms with Gasteiger partial charge in [0.15, 0.2) is 5.60 Å². The van der Waals surface area contributed by atoms with Gasteiger partial charge in [0.2, 0.25) is 0 Å². The summed E-state index contributed by atoms with van der Waals surface area (Å²) in [5.74, 6) is 0. The normalized spacial score (nSPS) is 11.2. The van der Waals surface area contributed by atoms with E-state index in [1.165, 1.54) is 7.11 Å². The molecule has 0 aliphatic heterocycles. The molecule has 0 fully saturated rings. The molecule has 0 heterocycles. The van der Waals surface area contributed by atoms with Gasteiger partial charge in [0, 0.05) is 7.11 Å². The Morgan fingerprint density at radius 3 is 2.25 bits per heavy atom. The minimum atomic E-state index is -1.43. The lowest BCUT2D eigenvalue weighted by Crippen LogP contribution is -2.47. The highest BCUT2D eigenvalue weighted by Crippen LogP contribution is 2.09. The minimum absolute atomic E-state index is 0.108. The maximum atomic E-state index is 10.3. The molecule has 0 unspecified atom stereocenters. The second kappa shape index (κ2) is 4.91. The van der Waals surface area contributed by atoms with Crippen LogP contribution in [0.5, 0.6) is 0 Å². The Morgan fingerprint density at radius 2 is 2.00 bits per heavy atom. The molecule has 0 aromatic carbocycles. The number of methoxy groups -OCH3 is 1. The molecule has 0 radical (unpaired) electrons. The summed E-state index contributed by atoms with van der Waals surface area (Å²) >= 11 is 0.